The van der Waals surface area contributed by atoms with Crippen molar-refractivity contribution in [3.8, 4) is 0 Å². The van der Waals surface area contributed by atoms with Gasteiger partial charge in [-0.3, -0.25) is 9.78 Å². The zero-order valence-corrected chi connectivity index (χ0v) is 11.7. The molecule has 0 aliphatic rings. The first-order chi connectivity index (χ1) is 10.8. The Morgan fingerprint density at radius 3 is 2.68 bits per heavy atom. The molecule has 0 bridgehead atoms. The summed E-state index contributed by atoms with van der Waals surface area (Å²) in [6, 6.07) is 10.7. The second kappa shape index (κ2) is 6.53. The van der Waals surface area contributed by atoms with Crippen LogP contribution in [0.3, 0.4) is 0 Å². The Hall–Kier alpha value is -3.15. The standard InChI is InChI=1S/C16H14N4O2/c21-16(14-2-1-9-22-14)20-13-3-4-15(19-11-13)18-10-12-5-7-17-8-6-12/h1-9,11H,10H2,(H,18,19)(H,20,21). The van der Waals surface area contributed by atoms with Crippen molar-refractivity contribution in [3.63, 3.8) is 0 Å². The van der Waals surface area contributed by atoms with Crippen molar-refractivity contribution in [2.45, 2.75) is 6.54 Å². The smallest absolute Gasteiger partial charge is 0.291 e. The van der Waals surface area contributed by atoms with E-state index in [0.29, 0.717) is 12.2 Å². The van der Waals surface area contributed by atoms with E-state index in [1.54, 1.807) is 42.9 Å². The molecule has 6 nitrogen and oxygen atoms in total. The summed E-state index contributed by atoms with van der Waals surface area (Å²) in [5.41, 5.74) is 1.72. The van der Waals surface area contributed by atoms with Crippen LogP contribution in [0.2, 0.25) is 0 Å². The van der Waals surface area contributed by atoms with E-state index < -0.39 is 0 Å². The molecule has 0 saturated carbocycles. The predicted molar refractivity (Wildman–Crippen MR) is 82.5 cm³/mol. The highest BCUT2D eigenvalue weighted by molar-refractivity contribution is 6.02. The van der Waals surface area contributed by atoms with E-state index in [9.17, 15) is 4.79 Å². The Morgan fingerprint density at radius 1 is 1.14 bits per heavy atom. The van der Waals surface area contributed by atoms with Crippen LogP contribution in [-0.2, 0) is 6.54 Å². The lowest BCUT2D eigenvalue weighted by molar-refractivity contribution is 0.0996. The first-order valence-corrected chi connectivity index (χ1v) is 6.75. The molecule has 0 spiro atoms. The lowest BCUT2D eigenvalue weighted by Crippen LogP contribution is -2.11. The van der Waals surface area contributed by atoms with Crippen molar-refractivity contribution in [3.05, 3.63) is 72.6 Å². The maximum atomic E-state index is 11.8. The Balaban J connectivity index is 1.57. The highest BCUT2D eigenvalue weighted by Crippen LogP contribution is 2.12. The van der Waals surface area contributed by atoms with Crippen LogP contribution < -0.4 is 10.6 Å². The van der Waals surface area contributed by atoms with Crippen molar-refractivity contribution < 1.29 is 9.21 Å². The van der Waals surface area contributed by atoms with E-state index >= 15 is 0 Å². The molecule has 3 heterocycles. The number of hydrogen-bond acceptors (Lipinski definition) is 5. The molecule has 110 valence electrons. The van der Waals surface area contributed by atoms with Crippen molar-refractivity contribution in [1.29, 1.82) is 0 Å². The maximum Gasteiger partial charge on any atom is 0.291 e. The van der Waals surface area contributed by atoms with E-state index in [1.807, 2.05) is 12.1 Å². The topological polar surface area (TPSA) is 80.0 Å². The van der Waals surface area contributed by atoms with Crippen molar-refractivity contribution in [2.24, 2.45) is 0 Å². The number of hydrogen-bond donors (Lipinski definition) is 2. The van der Waals surface area contributed by atoms with Gasteiger partial charge in [0.15, 0.2) is 5.76 Å². The molecule has 0 fully saturated rings. The molecule has 3 aromatic rings. The number of aromatic nitrogens is 2. The lowest BCUT2D eigenvalue weighted by Gasteiger charge is -2.07. The quantitative estimate of drug-likeness (QED) is 0.756. The van der Waals surface area contributed by atoms with Gasteiger partial charge in [0.25, 0.3) is 5.91 Å². The van der Waals surface area contributed by atoms with Gasteiger partial charge < -0.3 is 15.1 Å². The summed E-state index contributed by atoms with van der Waals surface area (Å²) < 4.78 is 5.03. The minimum atomic E-state index is -0.302. The molecule has 0 aliphatic heterocycles. The molecule has 6 heteroatoms. The highest BCUT2D eigenvalue weighted by Gasteiger charge is 2.08. The predicted octanol–water partition coefficient (Wildman–Crippen LogP) is 2.93. The number of amides is 1. The van der Waals surface area contributed by atoms with Crippen LogP contribution in [0.1, 0.15) is 16.1 Å². The number of furan rings is 1. The summed E-state index contributed by atoms with van der Waals surface area (Å²) >= 11 is 0. The minimum Gasteiger partial charge on any atom is -0.459 e. The third-order valence-corrected chi connectivity index (χ3v) is 2.99. The molecule has 0 aromatic carbocycles. The van der Waals surface area contributed by atoms with Crippen LogP contribution >= 0.6 is 0 Å². The van der Waals surface area contributed by atoms with Gasteiger partial charge in [0.1, 0.15) is 5.82 Å². The van der Waals surface area contributed by atoms with Gasteiger partial charge in [-0.2, -0.15) is 0 Å². The molecule has 0 unspecified atom stereocenters. The first kappa shape index (κ1) is 13.8. The molecule has 0 saturated heterocycles. The average Bonchev–Trinajstić information content (AvgIpc) is 3.10. The maximum absolute atomic E-state index is 11.8. The largest absolute Gasteiger partial charge is 0.459 e. The molecule has 22 heavy (non-hydrogen) atoms. The number of anilines is 2. The Bertz CT molecular complexity index is 725. The fourth-order valence-electron chi connectivity index (χ4n) is 1.87. The van der Waals surface area contributed by atoms with Crippen LogP contribution in [0.15, 0.2) is 65.7 Å². The molecular weight excluding hydrogens is 280 g/mol. The fraction of sp³-hybridized carbons (Fsp3) is 0.0625. The van der Waals surface area contributed by atoms with Crippen LogP contribution in [0.25, 0.3) is 0 Å². The van der Waals surface area contributed by atoms with Crippen molar-refractivity contribution in [2.75, 3.05) is 10.6 Å². The molecule has 0 aliphatic carbocycles. The molecule has 0 atom stereocenters. The Kier molecular flexibility index (Phi) is 4.10. The molecule has 3 aromatic heterocycles. The van der Waals surface area contributed by atoms with Crippen LogP contribution in [0.4, 0.5) is 11.5 Å². The van der Waals surface area contributed by atoms with E-state index in [4.69, 9.17) is 4.42 Å². The van der Waals surface area contributed by atoms with Crippen LogP contribution in [-0.4, -0.2) is 15.9 Å². The number of carbonyl (C=O) groups excluding carboxylic acids is 1. The van der Waals surface area contributed by atoms with Crippen LogP contribution in [0, 0.1) is 0 Å². The van der Waals surface area contributed by atoms with Gasteiger partial charge in [0.05, 0.1) is 18.1 Å². The molecule has 0 radical (unpaired) electrons. The lowest BCUT2D eigenvalue weighted by atomic mass is 10.3. The minimum absolute atomic E-state index is 0.264. The molecule has 1 amide bonds. The van der Waals surface area contributed by atoms with Gasteiger partial charge >= 0.3 is 0 Å². The summed E-state index contributed by atoms with van der Waals surface area (Å²) in [7, 11) is 0. The van der Waals surface area contributed by atoms with E-state index in [0.717, 1.165) is 11.4 Å². The summed E-state index contributed by atoms with van der Waals surface area (Å²) in [5, 5.41) is 5.91. The van der Waals surface area contributed by atoms with Crippen molar-refractivity contribution >= 4 is 17.4 Å². The third kappa shape index (κ3) is 3.49. The number of nitrogens with one attached hydrogen (secondary N) is 2. The Morgan fingerprint density at radius 2 is 2.00 bits per heavy atom. The van der Waals surface area contributed by atoms with Crippen LogP contribution in [0.5, 0.6) is 0 Å². The van der Waals surface area contributed by atoms with E-state index in [2.05, 4.69) is 20.6 Å². The fourth-order valence-corrected chi connectivity index (χ4v) is 1.87. The zero-order valence-electron chi connectivity index (χ0n) is 11.7. The number of carbonyl (C=O) groups is 1. The normalized spacial score (nSPS) is 10.2. The average molecular weight is 294 g/mol. The van der Waals surface area contributed by atoms with Crippen molar-refractivity contribution in [1.82, 2.24) is 9.97 Å². The summed E-state index contributed by atoms with van der Waals surface area (Å²) in [4.78, 5) is 20.0. The summed E-state index contributed by atoms with van der Waals surface area (Å²) in [5.74, 6) is 0.692. The molecule has 2 N–H and O–H groups in total. The van der Waals surface area contributed by atoms with Gasteiger partial charge in [-0.15, -0.1) is 0 Å². The second-order valence-corrected chi connectivity index (χ2v) is 4.57. The van der Waals surface area contributed by atoms with Gasteiger partial charge in [-0.25, -0.2) is 4.98 Å². The highest BCUT2D eigenvalue weighted by atomic mass is 16.3. The zero-order chi connectivity index (χ0) is 15.2. The summed E-state index contributed by atoms with van der Waals surface area (Å²) in [6.07, 6.45) is 6.55. The number of rotatable bonds is 5. The second-order valence-electron chi connectivity index (χ2n) is 4.57. The van der Waals surface area contributed by atoms with Gasteiger partial charge in [0, 0.05) is 18.9 Å². The van der Waals surface area contributed by atoms with Gasteiger partial charge in [-0.05, 0) is 42.0 Å². The monoisotopic (exact) mass is 294 g/mol. The first-order valence-electron chi connectivity index (χ1n) is 6.75. The van der Waals surface area contributed by atoms with Gasteiger partial charge in [0.2, 0.25) is 0 Å². The number of pyridine rings is 2. The van der Waals surface area contributed by atoms with E-state index in [1.165, 1.54) is 6.26 Å². The summed E-state index contributed by atoms with van der Waals surface area (Å²) in [6.45, 7) is 0.660. The number of nitrogens with zero attached hydrogens (tertiary/aromatic N) is 2. The molecule has 3 rings (SSSR count). The SMILES string of the molecule is O=C(Nc1ccc(NCc2ccncc2)nc1)c1ccco1. The third-order valence-electron chi connectivity index (χ3n) is 2.99. The van der Waals surface area contributed by atoms with E-state index in [-0.39, 0.29) is 11.7 Å². The van der Waals surface area contributed by atoms with Gasteiger partial charge in [-0.1, -0.05) is 0 Å². The Labute approximate surface area is 127 Å². The molecular formula is C16H14N4O2.